The van der Waals surface area contributed by atoms with Crippen molar-refractivity contribution in [3.05, 3.63) is 60.4 Å². The van der Waals surface area contributed by atoms with Gasteiger partial charge in [-0.3, -0.25) is 9.79 Å². The van der Waals surface area contributed by atoms with E-state index >= 15 is 0 Å². The molecule has 0 unspecified atom stereocenters. The first-order chi connectivity index (χ1) is 15.6. The molecule has 0 aromatic heterocycles. The lowest BCUT2D eigenvalue weighted by Gasteiger charge is -2.37. The first-order valence-electron chi connectivity index (χ1n) is 11.2. The zero-order valence-electron chi connectivity index (χ0n) is 18.4. The lowest BCUT2D eigenvalue weighted by atomic mass is 10.2. The molecule has 0 bridgehead atoms. The Kier molecular flexibility index (Phi) is 7.09. The largest absolute Gasteiger partial charge is 0.370 e. The molecular formula is C24H31FN6O. The Labute approximate surface area is 188 Å². The average Bonchev–Trinajstić information content (AvgIpc) is 2.85. The molecule has 2 N–H and O–H groups in total. The van der Waals surface area contributed by atoms with E-state index in [1.165, 1.54) is 17.8 Å². The van der Waals surface area contributed by atoms with E-state index in [1.807, 2.05) is 28.0 Å². The van der Waals surface area contributed by atoms with Gasteiger partial charge in [0, 0.05) is 70.2 Å². The van der Waals surface area contributed by atoms with Crippen molar-refractivity contribution in [2.75, 3.05) is 68.7 Å². The van der Waals surface area contributed by atoms with Crippen molar-refractivity contribution in [3.63, 3.8) is 0 Å². The predicted molar refractivity (Wildman–Crippen MR) is 127 cm³/mol. The van der Waals surface area contributed by atoms with Crippen LogP contribution in [0.25, 0.3) is 0 Å². The number of amides is 1. The monoisotopic (exact) mass is 438 g/mol. The standard InChI is InChI=1S/C24H31FN6O/c25-20-6-8-22(9-7-20)29-14-18-31(19-15-29)24(26)27-11-10-23(32)30-16-12-28(13-17-30)21-4-2-1-3-5-21/h1-9H,10-19H2,(H2,26,27). The number of halogens is 1. The van der Waals surface area contributed by atoms with Gasteiger partial charge < -0.3 is 25.3 Å². The second-order valence-electron chi connectivity index (χ2n) is 8.14. The molecule has 2 aromatic carbocycles. The summed E-state index contributed by atoms with van der Waals surface area (Å²) in [5.41, 5.74) is 8.39. The Morgan fingerprint density at radius 2 is 1.31 bits per heavy atom. The predicted octanol–water partition coefficient (Wildman–Crippen LogP) is 2.00. The average molecular weight is 439 g/mol. The van der Waals surface area contributed by atoms with Gasteiger partial charge in [0.05, 0.1) is 6.54 Å². The summed E-state index contributed by atoms with van der Waals surface area (Å²) < 4.78 is 13.1. The van der Waals surface area contributed by atoms with Crippen molar-refractivity contribution in [3.8, 4) is 0 Å². The molecule has 170 valence electrons. The molecule has 2 aliphatic heterocycles. The van der Waals surface area contributed by atoms with Crippen molar-refractivity contribution in [1.82, 2.24) is 9.80 Å². The lowest BCUT2D eigenvalue weighted by molar-refractivity contribution is -0.131. The first-order valence-corrected chi connectivity index (χ1v) is 11.2. The Morgan fingerprint density at radius 3 is 1.91 bits per heavy atom. The minimum absolute atomic E-state index is 0.135. The number of guanidine groups is 1. The number of piperazine rings is 2. The molecule has 0 atom stereocenters. The molecule has 1 amide bonds. The van der Waals surface area contributed by atoms with Crippen LogP contribution >= 0.6 is 0 Å². The third-order valence-electron chi connectivity index (χ3n) is 6.15. The van der Waals surface area contributed by atoms with E-state index < -0.39 is 0 Å². The fourth-order valence-corrected chi connectivity index (χ4v) is 4.22. The zero-order valence-corrected chi connectivity index (χ0v) is 18.4. The number of para-hydroxylation sites is 1. The molecule has 32 heavy (non-hydrogen) atoms. The van der Waals surface area contributed by atoms with Crippen LogP contribution < -0.4 is 15.5 Å². The molecule has 0 radical (unpaired) electrons. The zero-order chi connectivity index (χ0) is 22.3. The molecule has 2 aromatic rings. The summed E-state index contributed by atoms with van der Waals surface area (Å²) in [7, 11) is 0. The lowest BCUT2D eigenvalue weighted by Crippen LogP contribution is -2.51. The van der Waals surface area contributed by atoms with Crippen LogP contribution in [-0.4, -0.2) is 80.6 Å². The van der Waals surface area contributed by atoms with Crippen molar-refractivity contribution < 1.29 is 9.18 Å². The fourth-order valence-electron chi connectivity index (χ4n) is 4.22. The van der Waals surface area contributed by atoms with Crippen LogP contribution in [0.15, 0.2) is 59.6 Å². The van der Waals surface area contributed by atoms with Gasteiger partial charge in [-0.2, -0.15) is 0 Å². The highest BCUT2D eigenvalue weighted by Crippen LogP contribution is 2.17. The molecule has 2 saturated heterocycles. The number of nitrogens with two attached hydrogens (primary N) is 1. The SMILES string of the molecule is NC(=NCCC(=O)N1CCN(c2ccccc2)CC1)N1CCN(c2ccc(F)cc2)CC1. The summed E-state index contributed by atoms with van der Waals surface area (Å²) in [5.74, 6) is 0.400. The Morgan fingerprint density at radius 1 is 0.781 bits per heavy atom. The molecule has 8 heteroatoms. The minimum atomic E-state index is -0.226. The topological polar surface area (TPSA) is 68.4 Å². The van der Waals surface area contributed by atoms with E-state index in [2.05, 4.69) is 26.9 Å². The molecule has 7 nitrogen and oxygen atoms in total. The normalized spacial score (nSPS) is 17.6. The van der Waals surface area contributed by atoms with E-state index in [1.54, 1.807) is 12.1 Å². The molecule has 4 rings (SSSR count). The molecule has 2 heterocycles. The molecule has 2 fully saturated rings. The maximum Gasteiger partial charge on any atom is 0.224 e. The van der Waals surface area contributed by atoms with Gasteiger partial charge in [0.1, 0.15) is 5.82 Å². The van der Waals surface area contributed by atoms with Gasteiger partial charge in [-0.15, -0.1) is 0 Å². The number of nitrogens with zero attached hydrogens (tertiary/aromatic N) is 5. The molecular weight excluding hydrogens is 407 g/mol. The van der Waals surface area contributed by atoms with Gasteiger partial charge in [0.25, 0.3) is 0 Å². The van der Waals surface area contributed by atoms with Gasteiger partial charge in [-0.1, -0.05) is 18.2 Å². The molecule has 2 aliphatic rings. The number of rotatable bonds is 5. The Balaban J connectivity index is 1.18. The van der Waals surface area contributed by atoms with Crippen molar-refractivity contribution in [2.45, 2.75) is 6.42 Å². The van der Waals surface area contributed by atoms with Gasteiger partial charge in [-0.05, 0) is 36.4 Å². The van der Waals surface area contributed by atoms with Crippen LogP contribution in [0.4, 0.5) is 15.8 Å². The second-order valence-corrected chi connectivity index (χ2v) is 8.14. The third kappa shape index (κ3) is 5.49. The Bertz CT molecular complexity index is 904. The van der Waals surface area contributed by atoms with Crippen molar-refractivity contribution >= 4 is 23.2 Å². The third-order valence-corrected chi connectivity index (χ3v) is 6.15. The van der Waals surface area contributed by atoms with E-state index in [9.17, 15) is 9.18 Å². The highest BCUT2D eigenvalue weighted by Gasteiger charge is 2.21. The number of carbonyl (C=O) groups excluding carboxylic acids is 1. The molecule has 0 aliphatic carbocycles. The van der Waals surface area contributed by atoms with Crippen LogP contribution in [0.3, 0.4) is 0 Å². The highest BCUT2D eigenvalue weighted by molar-refractivity contribution is 5.80. The summed E-state index contributed by atoms with van der Waals surface area (Å²) in [4.78, 5) is 25.5. The number of aliphatic imine (C=N–C) groups is 1. The van der Waals surface area contributed by atoms with Gasteiger partial charge in [-0.25, -0.2) is 4.39 Å². The van der Waals surface area contributed by atoms with Gasteiger partial charge in [0.2, 0.25) is 5.91 Å². The summed E-state index contributed by atoms with van der Waals surface area (Å²) in [6, 6.07) is 16.9. The summed E-state index contributed by atoms with van der Waals surface area (Å²) in [6.45, 7) is 6.67. The number of anilines is 2. The van der Waals surface area contributed by atoms with Crippen LogP contribution in [0.2, 0.25) is 0 Å². The van der Waals surface area contributed by atoms with Gasteiger partial charge in [0.15, 0.2) is 5.96 Å². The number of hydrogen-bond donors (Lipinski definition) is 1. The van der Waals surface area contributed by atoms with Crippen LogP contribution in [-0.2, 0) is 4.79 Å². The number of benzene rings is 2. The van der Waals surface area contributed by atoms with E-state index in [-0.39, 0.29) is 11.7 Å². The van der Waals surface area contributed by atoms with Gasteiger partial charge >= 0.3 is 0 Å². The van der Waals surface area contributed by atoms with Crippen LogP contribution in [0.5, 0.6) is 0 Å². The summed E-state index contributed by atoms with van der Waals surface area (Å²) >= 11 is 0. The van der Waals surface area contributed by atoms with Crippen molar-refractivity contribution in [2.24, 2.45) is 10.7 Å². The van der Waals surface area contributed by atoms with Crippen LogP contribution in [0.1, 0.15) is 6.42 Å². The minimum Gasteiger partial charge on any atom is -0.370 e. The Hall–Kier alpha value is -3.29. The number of carbonyl (C=O) groups is 1. The summed E-state index contributed by atoms with van der Waals surface area (Å²) in [5, 5.41) is 0. The van der Waals surface area contributed by atoms with E-state index in [0.717, 1.165) is 58.0 Å². The molecule has 0 spiro atoms. The molecule has 0 saturated carbocycles. The van der Waals surface area contributed by atoms with Crippen molar-refractivity contribution in [1.29, 1.82) is 0 Å². The van der Waals surface area contributed by atoms with E-state index in [0.29, 0.717) is 18.9 Å². The second kappa shape index (κ2) is 10.3. The number of hydrogen-bond acceptors (Lipinski definition) is 4. The first kappa shape index (κ1) is 21.9. The maximum absolute atomic E-state index is 13.1. The van der Waals surface area contributed by atoms with E-state index in [4.69, 9.17) is 5.73 Å². The van der Waals surface area contributed by atoms with Crippen LogP contribution in [0, 0.1) is 5.82 Å². The summed E-state index contributed by atoms with van der Waals surface area (Å²) in [6.07, 6.45) is 0.377. The maximum atomic E-state index is 13.1. The highest BCUT2D eigenvalue weighted by atomic mass is 19.1. The quantitative estimate of drug-likeness (QED) is 0.571. The fraction of sp³-hybridized carbons (Fsp3) is 0.417. The smallest absolute Gasteiger partial charge is 0.224 e.